The fraction of sp³-hybridized carbons (Fsp3) is 0.267. The van der Waals surface area contributed by atoms with Crippen LogP contribution in [0.3, 0.4) is 0 Å². The number of hydrogen-bond acceptors (Lipinski definition) is 5. The summed E-state index contributed by atoms with van der Waals surface area (Å²) in [6, 6.07) is 5.95. The van der Waals surface area contributed by atoms with Crippen molar-refractivity contribution in [2.45, 2.75) is 26.3 Å². The quantitative estimate of drug-likeness (QED) is 0.735. The molecular formula is C15H14N6O. The van der Waals surface area contributed by atoms with Crippen molar-refractivity contribution >= 4 is 0 Å². The lowest BCUT2D eigenvalue weighted by molar-refractivity contribution is 0.531. The van der Waals surface area contributed by atoms with E-state index in [1.165, 1.54) is 5.56 Å². The predicted octanol–water partition coefficient (Wildman–Crippen LogP) is 1.52. The highest BCUT2D eigenvalue weighted by atomic mass is 16.1. The van der Waals surface area contributed by atoms with Crippen LogP contribution in [0, 0.1) is 6.92 Å². The number of tetrazole rings is 1. The third-order valence-electron chi connectivity index (χ3n) is 4.02. The number of rotatable bonds is 1. The zero-order valence-corrected chi connectivity index (χ0v) is 12.2. The van der Waals surface area contributed by atoms with Gasteiger partial charge in [0, 0.05) is 24.0 Å². The molecule has 1 atom stereocenters. The molecule has 3 aromatic rings. The van der Waals surface area contributed by atoms with Crippen molar-refractivity contribution in [3.8, 4) is 22.8 Å². The van der Waals surface area contributed by atoms with E-state index >= 15 is 0 Å². The second-order valence-electron chi connectivity index (χ2n) is 5.59. The fourth-order valence-electron chi connectivity index (χ4n) is 2.94. The zero-order valence-electron chi connectivity index (χ0n) is 12.2. The molecule has 0 aromatic carbocycles. The minimum Gasteiger partial charge on any atom is -0.342 e. The first-order valence-corrected chi connectivity index (χ1v) is 7.10. The Balaban J connectivity index is 1.98. The number of aromatic nitrogens is 6. The Morgan fingerprint density at radius 1 is 1.36 bits per heavy atom. The average molecular weight is 294 g/mol. The van der Waals surface area contributed by atoms with Crippen LogP contribution in [0.2, 0.25) is 0 Å². The normalized spacial score (nSPS) is 16.2. The molecule has 0 aliphatic carbocycles. The summed E-state index contributed by atoms with van der Waals surface area (Å²) in [7, 11) is 0. The summed E-state index contributed by atoms with van der Waals surface area (Å²) < 4.78 is 2.07. The summed E-state index contributed by atoms with van der Waals surface area (Å²) in [5, 5.41) is 13.7. The van der Waals surface area contributed by atoms with Crippen LogP contribution in [0.5, 0.6) is 0 Å². The molecule has 110 valence electrons. The maximum atomic E-state index is 12.4. The minimum atomic E-state index is -0.129. The van der Waals surface area contributed by atoms with E-state index in [1.54, 1.807) is 12.3 Å². The molecule has 7 nitrogen and oxygen atoms in total. The summed E-state index contributed by atoms with van der Waals surface area (Å²) in [4.78, 5) is 17.0. The Kier molecular flexibility index (Phi) is 2.69. The van der Waals surface area contributed by atoms with Gasteiger partial charge in [0.25, 0.3) is 0 Å². The van der Waals surface area contributed by atoms with Crippen LogP contribution in [0.4, 0.5) is 0 Å². The summed E-state index contributed by atoms with van der Waals surface area (Å²) in [5.41, 5.74) is 4.15. The standard InChI is InChI=1S/C15H14N6O/c1-8-3-4-10-5-9(2)21-7-11(15-17-19-20-18-15)13(22)6-12(21)14(10)16-8/h3-4,6-7,9H,5H2,1-2H3,(H,17,18,19,20)/t9-/m1/s1. The number of nitrogens with one attached hydrogen (secondary N) is 1. The van der Waals surface area contributed by atoms with Gasteiger partial charge in [0.15, 0.2) is 5.43 Å². The lowest BCUT2D eigenvalue weighted by Crippen LogP contribution is -2.22. The third-order valence-corrected chi connectivity index (χ3v) is 4.02. The molecule has 1 aliphatic heterocycles. The van der Waals surface area contributed by atoms with E-state index in [4.69, 9.17) is 0 Å². The Morgan fingerprint density at radius 3 is 3.00 bits per heavy atom. The van der Waals surface area contributed by atoms with Crippen LogP contribution >= 0.6 is 0 Å². The molecule has 1 N–H and O–H groups in total. The number of H-pyrrole nitrogens is 1. The molecule has 1 aliphatic rings. The lowest BCUT2D eigenvalue weighted by atomic mass is 9.96. The number of aromatic amines is 1. The van der Waals surface area contributed by atoms with Crippen LogP contribution in [0.1, 0.15) is 24.2 Å². The lowest BCUT2D eigenvalue weighted by Gasteiger charge is -2.27. The molecule has 0 bridgehead atoms. The van der Waals surface area contributed by atoms with Crippen LogP contribution in [0.25, 0.3) is 22.8 Å². The van der Waals surface area contributed by atoms with E-state index < -0.39 is 0 Å². The van der Waals surface area contributed by atoms with Crippen molar-refractivity contribution in [1.29, 1.82) is 0 Å². The summed E-state index contributed by atoms with van der Waals surface area (Å²) in [5.74, 6) is 0.315. The molecule has 0 unspecified atom stereocenters. The van der Waals surface area contributed by atoms with Crippen molar-refractivity contribution in [3.63, 3.8) is 0 Å². The first-order valence-electron chi connectivity index (χ1n) is 7.10. The van der Waals surface area contributed by atoms with Crippen LogP contribution in [-0.4, -0.2) is 30.2 Å². The van der Waals surface area contributed by atoms with Gasteiger partial charge < -0.3 is 4.57 Å². The Bertz CT molecular complexity index is 912. The van der Waals surface area contributed by atoms with Crippen LogP contribution in [0.15, 0.2) is 29.2 Å². The van der Waals surface area contributed by atoms with E-state index in [9.17, 15) is 4.79 Å². The highest BCUT2D eigenvalue weighted by molar-refractivity contribution is 5.65. The van der Waals surface area contributed by atoms with Crippen molar-refractivity contribution in [2.24, 2.45) is 0 Å². The first kappa shape index (κ1) is 12.9. The van der Waals surface area contributed by atoms with Crippen molar-refractivity contribution in [3.05, 3.63) is 45.9 Å². The topological polar surface area (TPSA) is 89.3 Å². The Hall–Kier alpha value is -2.83. The monoisotopic (exact) mass is 294 g/mol. The first-order chi connectivity index (χ1) is 10.6. The Labute approximate surface area is 126 Å². The van der Waals surface area contributed by atoms with E-state index in [-0.39, 0.29) is 11.5 Å². The molecule has 7 heteroatoms. The van der Waals surface area contributed by atoms with Crippen LogP contribution in [-0.2, 0) is 6.42 Å². The fourth-order valence-corrected chi connectivity index (χ4v) is 2.94. The molecule has 0 fully saturated rings. The van der Waals surface area contributed by atoms with Crippen molar-refractivity contribution < 1.29 is 0 Å². The molecule has 0 radical (unpaired) electrons. The van der Waals surface area contributed by atoms with Gasteiger partial charge in [-0.3, -0.25) is 9.78 Å². The average Bonchev–Trinajstić information content (AvgIpc) is 3.02. The predicted molar refractivity (Wildman–Crippen MR) is 80.3 cm³/mol. The zero-order chi connectivity index (χ0) is 15.3. The number of fused-ring (bicyclic) bond motifs is 3. The van der Waals surface area contributed by atoms with Gasteiger partial charge in [0.05, 0.1) is 17.0 Å². The van der Waals surface area contributed by atoms with Gasteiger partial charge in [-0.1, -0.05) is 6.07 Å². The SMILES string of the molecule is Cc1ccc2c(n1)-c1cc(=O)c(-c3nn[nH]n3)cn1[C@H](C)C2. The Morgan fingerprint density at radius 2 is 2.23 bits per heavy atom. The minimum absolute atomic E-state index is 0.129. The van der Waals surface area contributed by atoms with Gasteiger partial charge in [0.1, 0.15) is 0 Å². The van der Waals surface area contributed by atoms with Crippen LogP contribution < -0.4 is 5.43 Å². The van der Waals surface area contributed by atoms with Gasteiger partial charge >= 0.3 is 0 Å². The molecule has 0 amide bonds. The highest BCUT2D eigenvalue weighted by Gasteiger charge is 2.24. The van der Waals surface area contributed by atoms with Crippen molar-refractivity contribution in [2.75, 3.05) is 0 Å². The van der Waals surface area contributed by atoms with E-state index in [1.807, 2.05) is 13.0 Å². The van der Waals surface area contributed by atoms with Gasteiger partial charge in [-0.15, -0.1) is 10.2 Å². The highest BCUT2D eigenvalue weighted by Crippen LogP contribution is 2.33. The molecule has 0 spiro atoms. The maximum Gasteiger partial charge on any atom is 0.210 e. The second-order valence-corrected chi connectivity index (χ2v) is 5.59. The molecule has 4 heterocycles. The van der Waals surface area contributed by atoms with Gasteiger partial charge in [-0.2, -0.15) is 5.21 Å². The number of nitrogens with zero attached hydrogens (tertiary/aromatic N) is 5. The molecule has 4 rings (SSSR count). The van der Waals surface area contributed by atoms with Gasteiger partial charge in [0.2, 0.25) is 5.82 Å². The molecule has 3 aromatic heterocycles. The van der Waals surface area contributed by atoms with E-state index in [2.05, 4.69) is 43.2 Å². The molecular weight excluding hydrogens is 280 g/mol. The van der Waals surface area contributed by atoms with Gasteiger partial charge in [-0.05, 0) is 37.1 Å². The summed E-state index contributed by atoms with van der Waals surface area (Å²) in [6.07, 6.45) is 2.68. The number of aryl methyl sites for hydroxylation is 1. The third kappa shape index (κ3) is 1.86. The molecule has 0 saturated heterocycles. The van der Waals surface area contributed by atoms with Crippen molar-refractivity contribution in [1.82, 2.24) is 30.2 Å². The van der Waals surface area contributed by atoms with E-state index in [0.29, 0.717) is 11.4 Å². The maximum absolute atomic E-state index is 12.4. The number of pyridine rings is 2. The number of hydrogen-bond donors (Lipinski definition) is 1. The van der Waals surface area contributed by atoms with Gasteiger partial charge in [-0.25, -0.2) is 0 Å². The summed E-state index contributed by atoms with van der Waals surface area (Å²) in [6.45, 7) is 4.07. The largest absolute Gasteiger partial charge is 0.342 e. The van der Waals surface area contributed by atoms with E-state index in [0.717, 1.165) is 23.5 Å². The molecule has 22 heavy (non-hydrogen) atoms. The smallest absolute Gasteiger partial charge is 0.210 e. The summed E-state index contributed by atoms with van der Waals surface area (Å²) >= 11 is 0. The second kappa shape index (κ2) is 4.59. The molecule has 0 saturated carbocycles.